The summed E-state index contributed by atoms with van der Waals surface area (Å²) in [5.74, 6) is -1.42. The zero-order valence-corrected chi connectivity index (χ0v) is 18.6. The van der Waals surface area contributed by atoms with Crippen molar-refractivity contribution in [2.24, 2.45) is 0 Å². The Morgan fingerprint density at radius 1 is 1.00 bits per heavy atom. The number of hydrogen-bond acceptors (Lipinski definition) is 5. The minimum atomic E-state index is -3.67. The summed E-state index contributed by atoms with van der Waals surface area (Å²) < 4.78 is 39.6. The number of anilines is 1. The number of carbonyl (C=O) groups is 2. The highest BCUT2D eigenvalue weighted by molar-refractivity contribution is 7.89. The number of amides is 2. The summed E-state index contributed by atoms with van der Waals surface area (Å²) in [6.45, 7) is 1.89. The van der Waals surface area contributed by atoms with Crippen LogP contribution in [-0.2, 0) is 21.2 Å². The van der Waals surface area contributed by atoms with Gasteiger partial charge in [0.15, 0.2) is 0 Å². The summed E-state index contributed by atoms with van der Waals surface area (Å²) >= 11 is 0. The molecule has 0 aliphatic heterocycles. The fraction of sp³-hybridized carbons (Fsp3) is 0.174. The van der Waals surface area contributed by atoms with Gasteiger partial charge in [-0.15, -0.1) is 0 Å². The van der Waals surface area contributed by atoms with Crippen molar-refractivity contribution in [2.45, 2.75) is 24.3 Å². The van der Waals surface area contributed by atoms with E-state index in [-0.39, 0.29) is 29.2 Å². The Labute approximate surface area is 191 Å². The second-order valence-electron chi connectivity index (χ2n) is 7.09. The van der Waals surface area contributed by atoms with Gasteiger partial charge < -0.3 is 10.6 Å². The number of hydrogen-bond donors (Lipinski definition) is 3. The molecule has 33 heavy (non-hydrogen) atoms. The largest absolute Gasteiger partial charge is 0.340 e. The minimum Gasteiger partial charge on any atom is -0.340 e. The SMILES string of the molecule is CCNS(=O)(=O)c1ccc(NC(=O)[C@H](Cc2ccccc2)NC(=O)c2ccc(F)cc2)nc1. The topological polar surface area (TPSA) is 117 Å². The quantitative estimate of drug-likeness (QED) is 0.444. The summed E-state index contributed by atoms with van der Waals surface area (Å²) in [7, 11) is -3.67. The summed E-state index contributed by atoms with van der Waals surface area (Å²) in [6.07, 6.45) is 1.34. The number of benzene rings is 2. The van der Waals surface area contributed by atoms with Crippen molar-refractivity contribution in [3.63, 3.8) is 0 Å². The molecule has 3 aromatic rings. The van der Waals surface area contributed by atoms with Crippen LogP contribution < -0.4 is 15.4 Å². The van der Waals surface area contributed by atoms with E-state index in [0.717, 1.165) is 23.9 Å². The van der Waals surface area contributed by atoms with Gasteiger partial charge in [-0.25, -0.2) is 22.5 Å². The van der Waals surface area contributed by atoms with Gasteiger partial charge in [0.2, 0.25) is 15.9 Å². The Bertz CT molecular complexity index is 1200. The van der Waals surface area contributed by atoms with Gasteiger partial charge in [-0.1, -0.05) is 37.3 Å². The number of carbonyl (C=O) groups excluding carboxylic acids is 2. The first-order valence-corrected chi connectivity index (χ1v) is 11.6. The molecule has 0 saturated carbocycles. The van der Waals surface area contributed by atoms with Gasteiger partial charge in [-0.3, -0.25) is 9.59 Å². The highest BCUT2D eigenvalue weighted by atomic mass is 32.2. The van der Waals surface area contributed by atoms with Gasteiger partial charge in [0, 0.05) is 24.7 Å². The lowest BCUT2D eigenvalue weighted by Gasteiger charge is -2.18. The molecule has 0 saturated heterocycles. The first kappa shape index (κ1) is 24.0. The number of rotatable bonds is 9. The molecule has 8 nitrogen and oxygen atoms in total. The van der Waals surface area contributed by atoms with E-state index in [0.29, 0.717) is 0 Å². The number of halogens is 1. The van der Waals surface area contributed by atoms with Crippen molar-refractivity contribution in [1.29, 1.82) is 0 Å². The minimum absolute atomic E-state index is 0.0344. The van der Waals surface area contributed by atoms with Crippen molar-refractivity contribution in [1.82, 2.24) is 15.0 Å². The number of sulfonamides is 1. The summed E-state index contributed by atoms with van der Waals surface area (Å²) in [4.78, 5) is 29.6. The maximum Gasteiger partial charge on any atom is 0.251 e. The van der Waals surface area contributed by atoms with E-state index >= 15 is 0 Å². The zero-order chi connectivity index (χ0) is 23.8. The predicted octanol–water partition coefficient (Wildman–Crippen LogP) is 2.50. The Kier molecular flexibility index (Phi) is 7.86. The fourth-order valence-corrected chi connectivity index (χ4v) is 3.99. The molecule has 1 atom stereocenters. The summed E-state index contributed by atoms with van der Waals surface area (Å²) in [5.41, 5.74) is 1.02. The molecule has 3 N–H and O–H groups in total. The molecular formula is C23H23FN4O4S. The molecule has 3 rings (SSSR count). The molecule has 0 radical (unpaired) electrons. The Morgan fingerprint density at radius 3 is 2.30 bits per heavy atom. The summed E-state index contributed by atoms with van der Waals surface area (Å²) in [6, 6.07) is 15.8. The van der Waals surface area contributed by atoms with Crippen LogP contribution in [-0.4, -0.2) is 37.8 Å². The van der Waals surface area contributed by atoms with Crippen molar-refractivity contribution >= 4 is 27.7 Å². The van der Waals surface area contributed by atoms with E-state index in [1.54, 1.807) is 6.92 Å². The molecule has 0 fully saturated rings. The van der Waals surface area contributed by atoms with Crippen LogP contribution in [0.2, 0.25) is 0 Å². The molecule has 0 unspecified atom stereocenters. The first-order valence-electron chi connectivity index (χ1n) is 10.2. The Balaban J connectivity index is 1.77. The van der Waals surface area contributed by atoms with Crippen LogP contribution in [0.3, 0.4) is 0 Å². The number of nitrogens with zero attached hydrogens (tertiary/aromatic N) is 1. The summed E-state index contributed by atoms with van der Waals surface area (Å²) in [5, 5.41) is 5.27. The third-order valence-electron chi connectivity index (χ3n) is 4.64. The molecule has 2 aromatic carbocycles. The van der Waals surface area contributed by atoms with Gasteiger partial charge in [0.1, 0.15) is 22.6 Å². The Hall–Kier alpha value is -3.63. The van der Waals surface area contributed by atoms with E-state index < -0.39 is 33.7 Å². The molecule has 10 heteroatoms. The Morgan fingerprint density at radius 2 is 1.70 bits per heavy atom. The predicted molar refractivity (Wildman–Crippen MR) is 122 cm³/mol. The van der Waals surface area contributed by atoms with Crippen LogP contribution in [0.25, 0.3) is 0 Å². The molecule has 1 heterocycles. The highest BCUT2D eigenvalue weighted by Crippen LogP contribution is 2.12. The standard InChI is InChI=1S/C23H23FN4O4S/c1-2-26-33(31,32)19-12-13-21(25-15-19)28-23(30)20(14-16-6-4-3-5-7-16)27-22(29)17-8-10-18(24)11-9-17/h3-13,15,20,26H,2,14H2,1H3,(H,27,29)(H,25,28,30)/t20-/m0/s1. The van der Waals surface area contributed by atoms with Gasteiger partial charge >= 0.3 is 0 Å². The first-order chi connectivity index (χ1) is 15.8. The van der Waals surface area contributed by atoms with Crippen LogP contribution in [0, 0.1) is 5.82 Å². The lowest BCUT2D eigenvalue weighted by Crippen LogP contribution is -2.45. The van der Waals surface area contributed by atoms with Crippen LogP contribution in [0.5, 0.6) is 0 Å². The second kappa shape index (κ2) is 10.8. The third-order valence-corrected chi connectivity index (χ3v) is 6.17. The maximum absolute atomic E-state index is 13.2. The molecular weight excluding hydrogens is 447 g/mol. The van der Waals surface area contributed by atoms with E-state index in [2.05, 4.69) is 20.3 Å². The average Bonchev–Trinajstić information content (AvgIpc) is 2.80. The van der Waals surface area contributed by atoms with Crippen LogP contribution in [0.4, 0.5) is 10.2 Å². The van der Waals surface area contributed by atoms with E-state index in [1.165, 1.54) is 24.3 Å². The van der Waals surface area contributed by atoms with Crippen molar-refractivity contribution in [3.8, 4) is 0 Å². The van der Waals surface area contributed by atoms with Gasteiger partial charge in [-0.2, -0.15) is 0 Å². The molecule has 0 bridgehead atoms. The van der Waals surface area contributed by atoms with E-state index in [4.69, 9.17) is 0 Å². The number of aromatic nitrogens is 1. The second-order valence-corrected chi connectivity index (χ2v) is 8.86. The molecule has 1 aromatic heterocycles. The lowest BCUT2D eigenvalue weighted by atomic mass is 10.0. The van der Waals surface area contributed by atoms with Crippen LogP contribution >= 0.6 is 0 Å². The van der Waals surface area contributed by atoms with Gasteiger partial charge in [0.25, 0.3) is 5.91 Å². The molecule has 0 spiro atoms. The van der Waals surface area contributed by atoms with Crippen molar-refractivity contribution in [3.05, 3.63) is 89.9 Å². The van der Waals surface area contributed by atoms with Crippen molar-refractivity contribution < 1.29 is 22.4 Å². The van der Waals surface area contributed by atoms with Crippen LogP contribution in [0.1, 0.15) is 22.8 Å². The van der Waals surface area contributed by atoms with Crippen LogP contribution in [0.15, 0.2) is 77.8 Å². The lowest BCUT2D eigenvalue weighted by molar-refractivity contribution is -0.118. The molecule has 0 aliphatic carbocycles. The molecule has 172 valence electrons. The maximum atomic E-state index is 13.2. The molecule has 0 aliphatic rings. The van der Waals surface area contributed by atoms with Gasteiger partial charge in [0.05, 0.1) is 0 Å². The normalized spacial score (nSPS) is 12.1. The van der Waals surface area contributed by atoms with Gasteiger partial charge in [-0.05, 0) is 42.0 Å². The monoisotopic (exact) mass is 470 g/mol. The number of nitrogens with one attached hydrogen (secondary N) is 3. The van der Waals surface area contributed by atoms with E-state index in [9.17, 15) is 22.4 Å². The zero-order valence-electron chi connectivity index (χ0n) is 17.8. The highest BCUT2D eigenvalue weighted by Gasteiger charge is 2.23. The smallest absolute Gasteiger partial charge is 0.251 e. The third kappa shape index (κ3) is 6.67. The van der Waals surface area contributed by atoms with Crippen molar-refractivity contribution in [2.75, 3.05) is 11.9 Å². The molecule has 2 amide bonds. The fourth-order valence-electron chi connectivity index (χ4n) is 3.00. The number of pyridine rings is 1. The average molecular weight is 471 g/mol. The van der Waals surface area contributed by atoms with E-state index in [1.807, 2.05) is 30.3 Å².